The number of anilines is 3. The highest BCUT2D eigenvalue weighted by Crippen LogP contribution is 2.14. The summed E-state index contributed by atoms with van der Waals surface area (Å²) >= 11 is 0. The van der Waals surface area contributed by atoms with E-state index in [0.717, 1.165) is 0 Å². The van der Waals surface area contributed by atoms with Crippen LogP contribution < -0.4 is 10.6 Å². The molecule has 2 N–H and O–H groups in total. The molecule has 5 nitrogen and oxygen atoms in total. The molecule has 2 aromatic rings. The molecule has 0 saturated heterocycles. The molecule has 94 valence electrons. The third-order valence-corrected chi connectivity index (χ3v) is 2.07. The van der Waals surface area contributed by atoms with Crippen LogP contribution in [0, 0.1) is 5.82 Å². The van der Waals surface area contributed by atoms with Crippen molar-refractivity contribution in [1.82, 2.24) is 15.0 Å². The molecule has 1 heterocycles. The fraction of sp³-hybridized carbons (Fsp3) is 0.250. The molecule has 0 fully saturated rings. The lowest BCUT2D eigenvalue weighted by Crippen LogP contribution is -2.13. The minimum absolute atomic E-state index is 0.231. The van der Waals surface area contributed by atoms with Crippen molar-refractivity contribution in [1.29, 1.82) is 0 Å². The number of nitrogens with zero attached hydrogens (tertiary/aromatic N) is 3. The second-order valence-corrected chi connectivity index (χ2v) is 4.07. The van der Waals surface area contributed by atoms with Crippen LogP contribution in [0.25, 0.3) is 0 Å². The first kappa shape index (κ1) is 12.2. The van der Waals surface area contributed by atoms with E-state index in [2.05, 4.69) is 25.6 Å². The van der Waals surface area contributed by atoms with Gasteiger partial charge in [0.25, 0.3) is 0 Å². The van der Waals surface area contributed by atoms with Gasteiger partial charge in [-0.15, -0.1) is 0 Å². The van der Waals surface area contributed by atoms with Crippen molar-refractivity contribution >= 4 is 17.6 Å². The van der Waals surface area contributed by atoms with Crippen molar-refractivity contribution in [3.63, 3.8) is 0 Å². The van der Waals surface area contributed by atoms with E-state index in [1.54, 1.807) is 12.1 Å². The maximum absolute atomic E-state index is 13.0. The first-order chi connectivity index (χ1) is 8.63. The molecular formula is C12H14FN5. The zero-order valence-corrected chi connectivity index (χ0v) is 10.2. The number of rotatable bonds is 4. The first-order valence-electron chi connectivity index (χ1n) is 5.61. The molecule has 0 amide bonds. The van der Waals surface area contributed by atoms with Gasteiger partial charge in [0, 0.05) is 11.7 Å². The van der Waals surface area contributed by atoms with Crippen LogP contribution in [0.4, 0.5) is 22.0 Å². The van der Waals surface area contributed by atoms with Gasteiger partial charge in [0.05, 0.1) is 0 Å². The average Bonchev–Trinajstić information content (AvgIpc) is 2.28. The van der Waals surface area contributed by atoms with Gasteiger partial charge in [-0.2, -0.15) is 4.98 Å². The molecule has 18 heavy (non-hydrogen) atoms. The van der Waals surface area contributed by atoms with Gasteiger partial charge in [-0.05, 0) is 32.0 Å². The molecule has 0 bridgehead atoms. The van der Waals surface area contributed by atoms with Gasteiger partial charge >= 0.3 is 0 Å². The van der Waals surface area contributed by atoms with Gasteiger partial charge in [-0.25, -0.2) is 14.4 Å². The molecule has 0 atom stereocenters. The normalized spacial score (nSPS) is 10.4. The van der Waals surface area contributed by atoms with Crippen LogP contribution in [0.5, 0.6) is 0 Å². The zero-order chi connectivity index (χ0) is 13.0. The largest absolute Gasteiger partial charge is 0.352 e. The van der Waals surface area contributed by atoms with Gasteiger partial charge in [0.15, 0.2) is 0 Å². The first-order valence-corrected chi connectivity index (χ1v) is 5.61. The van der Waals surface area contributed by atoms with Crippen molar-refractivity contribution in [2.75, 3.05) is 10.6 Å². The Balaban J connectivity index is 2.14. The van der Waals surface area contributed by atoms with Crippen LogP contribution >= 0.6 is 0 Å². The highest BCUT2D eigenvalue weighted by molar-refractivity contribution is 5.53. The van der Waals surface area contributed by atoms with Crippen LogP contribution in [0.1, 0.15) is 13.8 Å². The second-order valence-electron chi connectivity index (χ2n) is 4.07. The number of halogens is 1. The van der Waals surface area contributed by atoms with Crippen molar-refractivity contribution in [2.24, 2.45) is 0 Å². The Morgan fingerprint density at radius 2 is 1.94 bits per heavy atom. The third-order valence-electron chi connectivity index (χ3n) is 2.07. The lowest BCUT2D eigenvalue weighted by Gasteiger charge is -2.09. The Morgan fingerprint density at radius 3 is 2.67 bits per heavy atom. The van der Waals surface area contributed by atoms with Crippen LogP contribution in [-0.2, 0) is 0 Å². The summed E-state index contributed by atoms with van der Waals surface area (Å²) in [6.45, 7) is 3.98. The van der Waals surface area contributed by atoms with E-state index in [-0.39, 0.29) is 11.9 Å². The molecule has 1 aromatic heterocycles. The molecular weight excluding hydrogens is 233 g/mol. The molecule has 6 heteroatoms. The Bertz CT molecular complexity index is 529. The summed E-state index contributed by atoms with van der Waals surface area (Å²) < 4.78 is 13.0. The van der Waals surface area contributed by atoms with Gasteiger partial charge in [-0.3, -0.25) is 0 Å². The van der Waals surface area contributed by atoms with Crippen molar-refractivity contribution in [2.45, 2.75) is 19.9 Å². The van der Waals surface area contributed by atoms with Crippen molar-refractivity contribution < 1.29 is 4.39 Å². The highest BCUT2D eigenvalue weighted by atomic mass is 19.1. The van der Waals surface area contributed by atoms with Gasteiger partial charge in [0.2, 0.25) is 11.9 Å². The van der Waals surface area contributed by atoms with Crippen molar-refractivity contribution in [3.05, 3.63) is 36.4 Å². The summed E-state index contributed by atoms with van der Waals surface area (Å²) in [7, 11) is 0. The quantitative estimate of drug-likeness (QED) is 0.869. The fourth-order valence-corrected chi connectivity index (χ4v) is 1.38. The Labute approximate surface area is 105 Å². The molecule has 0 radical (unpaired) electrons. The topological polar surface area (TPSA) is 62.7 Å². The predicted molar refractivity (Wildman–Crippen MR) is 68.3 cm³/mol. The Morgan fingerprint density at radius 1 is 1.17 bits per heavy atom. The van der Waals surface area contributed by atoms with Gasteiger partial charge in [-0.1, -0.05) is 6.07 Å². The van der Waals surface area contributed by atoms with Crippen molar-refractivity contribution in [3.8, 4) is 0 Å². The monoisotopic (exact) mass is 247 g/mol. The minimum Gasteiger partial charge on any atom is -0.352 e. The summed E-state index contributed by atoms with van der Waals surface area (Å²) in [5.74, 6) is 0.548. The standard InChI is InChI=1S/C12H14FN5/c1-8(2)16-11-14-7-15-12(18-11)17-10-5-3-4-9(13)6-10/h3-8H,1-2H3,(H2,14,15,16,17,18). The lowest BCUT2D eigenvalue weighted by atomic mass is 10.3. The zero-order valence-electron chi connectivity index (χ0n) is 10.2. The summed E-state index contributed by atoms with van der Waals surface area (Å²) in [5.41, 5.74) is 0.594. The van der Waals surface area contributed by atoms with Crippen LogP contribution in [0.3, 0.4) is 0 Å². The number of nitrogens with one attached hydrogen (secondary N) is 2. The third kappa shape index (κ3) is 3.38. The summed E-state index contributed by atoms with van der Waals surface area (Å²) in [6, 6.07) is 6.34. The SMILES string of the molecule is CC(C)Nc1ncnc(Nc2cccc(F)c2)n1. The summed E-state index contributed by atoms with van der Waals surface area (Å²) in [4.78, 5) is 12.1. The molecule has 2 rings (SSSR count). The molecule has 0 unspecified atom stereocenters. The maximum atomic E-state index is 13.0. The maximum Gasteiger partial charge on any atom is 0.231 e. The van der Waals surface area contributed by atoms with E-state index in [1.165, 1.54) is 18.5 Å². The lowest BCUT2D eigenvalue weighted by molar-refractivity contribution is 0.628. The summed E-state index contributed by atoms with van der Waals surface area (Å²) in [5, 5.41) is 5.98. The second kappa shape index (κ2) is 5.39. The Kier molecular flexibility index (Phi) is 3.66. The Hall–Kier alpha value is -2.24. The number of hydrogen-bond acceptors (Lipinski definition) is 5. The van der Waals surface area contributed by atoms with E-state index in [9.17, 15) is 4.39 Å². The van der Waals surface area contributed by atoms with E-state index in [4.69, 9.17) is 0 Å². The molecule has 0 aliphatic rings. The van der Waals surface area contributed by atoms with Crippen LogP contribution in [0.15, 0.2) is 30.6 Å². The smallest absolute Gasteiger partial charge is 0.231 e. The van der Waals surface area contributed by atoms with E-state index in [1.807, 2.05) is 13.8 Å². The minimum atomic E-state index is -0.311. The molecule has 0 aliphatic carbocycles. The fourth-order valence-electron chi connectivity index (χ4n) is 1.38. The van der Waals surface area contributed by atoms with E-state index in [0.29, 0.717) is 17.6 Å². The van der Waals surface area contributed by atoms with Gasteiger partial charge in [0.1, 0.15) is 12.1 Å². The van der Waals surface area contributed by atoms with E-state index < -0.39 is 0 Å². The van der Waals surface area contributed by atoms with Crippen LogP contribution in [0.2, 0.25) is 0 Å². The average molecular weight is 247 g/mol. The predicted octanol–water partition coefficient (Wildman–Crippen LogP) is 2.57. The van der Waals surface area contributed by atoms with Gasteiger partial charge < -0.3 is 10.6 Å². The summed E-state index contributed by atoms with van der Waals surface area (Å²) in [6.07, 6.45) is 1.40. The molecule has 0 aliphatic heterocycles. The number of hydrogen-bond donors (Lipinski definition) is 2. The number of aromatic nitrogens is 3. The van der Waals surface area contributed by atoms with Crippen LogP contribution in [-0.4, -0.2) is 21.0 Å². The molecule has 0 spiro atoms. The number of benzene rings is 1. The highest BCUT2D eigenvalue weighted by Gasteiger charge is 2.03. The molecule has 1 aromatic carbocycles. The molecule has 0 saturated carbocycles. The van der Waals surface area contributed by atoms with E-state index >= 15 is 0 Å².